The van der Waals surface area contributed by atoms with Crippen molar-refractivity contribution in [3.8, 4) is 0 Å². The highest BCUT2D eigenvalue weighted by molar-refractivity contribution is 5.35. The molecule has 0 bridgehead atoms. The Morgan fingerprint density at radius 1 is 1.50 bits per heavy atom. The standard InChI is InChI=1S/C9H13N5/c1-7(10)2-3-8-12-13-9-4-5-11-6-14(8)9/h4-7H,2-3,10H2,1H3. The Bertz CT molecular complexity index is 420. The summed E-state index contributed by atoms with van der Waals surface area (Å²) in [7, 11) is 0. The molecule has 0 aromatic carbocycles. The smallest absolute Gasteiger partial charge is 0.163 e. The normalized spacial score (nSPS) is 13.3. The van der Waals surface area contributed by atoms with Crippen molar-refractivity contribution in [1.82, 2.24) is 19.6 Å². The monoisotopic (exact) mass is 191 g/mol. The van der Waals surface area contributed by atoms with Crippen LogP contribution in [0, 0.1) is 0 Å². The minimum absolute atomic E-state index is 0.194. The fourth-order valence-corrected chi connectivity index (χ4v) is 1.32. The second-order valence-corrected chi connectivity index (χ2v) is 3.44. The first kappa shape index (κ1) is 9.08. The minimum Gasteiger partial charge on any atom is -0.328 e. The quantitative estimate of drug-likeness (QED) is 0.762. The van der Waals surface area contributed by atoms with Gasteiger partial charge in [0.1, 0.15) is 12.2 Å². The van der Waals surface area contributed by atoms with Gasteiger partial charge >= 0.3 is 0 Å². The zero-order valence-electron chi connectivity index (χ0n) is 8.09. The Kier molecular flexibility index (Phi) is 2.41. The van der Waals surface area contributed by atoms with Gasteiger partial charge in [-0.15, -0.1) is 10.2 Å². The summed E-state index contributed by atoms with van der Waals surface area (Å²) in [6.45, 7) is 1.99. The predicted molar refractivity (Wildman–Crippen MR) is 52.8 cm³/mol. The third-order valence-electron chi connectivity index (χ3n) is 2.11. The van der Waals surface area contributed by atoms with Crippen molar-refractivity contribution >= 4 is 5.65 Å². The molecule has 2 rings (SSSR count). The molecule has 1 atom stereocenters. The maximum atomic E-state index is 5.68. The van der Waals surface area contributed by atoms with Gasteiger partial charge in [0.2, 0.25) is 0 Å². The van der Waals surface area contributed by atoms with Gasteiger partial charge < -0.3 is 5.73 Å². The number of aromatic nitrogens is 4. The number of hydrogen-bond acceptors (Lipinski definition) is 4. The lowest BCUT2D eigenvalue weighted by molar-refractivity contribution is 0.643. The molecule has 2 aromatic rings. The molecule has 1 unspecified atom stereocenters. The van der Waals surface area contributed by atoms with Gasteiger partial charge in [-0.05, 0) is 13.3 Å². The molecule has 5 nitrogen and oxygen atoms in total. The molecule has 0 radical (unpaired) electrons. The van der Waals surface area contributed by atoms with Crippen molar-refractivity contribution in [2.75, 3.05) is 0 Å². The Morgan fingerprint density at radius 2 is 2.36 bits per heavy atom. The molecule has 0 spiro atoms. The van der Waals surface area contributed by atoms with Crippen molar-refractivity contribution in [2.24, 2.45) is 5.73 Å². The average molecular weight is 191 g/mol. The van der Waals surface area contributed by atoms with Gasteiger partial charge in [0.25, 0.3) is 0 Å². The largest absolute Gasteiger partial charge is 0.328 e. The van der Waals surface area contributed by atoms with Crippen molar-refractivity contribution in [1.29, 1.82) is 0 Å². The molecule has 2 N–H and O–H groups in total. The topological polar surface area (TPSA) is 69.1 Å². The molecule has 0 amide bonds. The van der Waals surface area contributed by atoms with Gasteiger partial charge in [0, 0.05) is 24.7 Å². The van der Waals surface area contributed by atoms with E-state index in [9.17, 15) is 0 Å². The lowest BCUT2D eigenvalue weighted by Gasteiger charge is -2.02. The lowest BCUT2D eigenvalue weighted by atomic mass is 10.2. The highest BCUT2D eigenvalue weighted by Gasteiger charge is 2.05. The SMILES string of the molecule is CC(N)CCc1nnc2ccncn12. The van der Waals surface area contributed by atoms with Crippen LogP contribution >= 0.6 is 0 Å². The number of nitrogens with two attached hydrogens (primary N) is 1. The van der Waals surface area contributed by atoms with E-state index in [1.807, 2.05) is 17.4 Å². The third-order valence-corrected chi connectivity index (χ3v) is 2.11. The molecule has 14 heavy (non-hydrogen) atoms. The summed E-state index contributed by atoms with van der Waals surface area (Å²) in [4.78, 5) is 4.02. The summed E-state index contributed by atoms with van der Waals surface area (Å²) < 4.78 is 1.89. The maximum Gasteiger partial charge on any atom is 0.163 e. The first-order chi connectivity index (χ1) is 6.77. The molecular weight excluding hydrogens is 178 g/mol. The zero-order valence-corrected chi connectivity index (χ0v) is 8.09. The molecule has 2 heterocycles. The molecule has 0 saturated heterocycles. The van der Waals surface area contributed by atoms with Crippen molar-refractivity contribution in [3.63, 3.8) is 0 Å². The summed E-state index contributed by atoms with van der Waals surface area (Å²) in [5.74, 6) is 0.922. The fourth-order valence-electron chi connectivity index (χ4n) is 1.32. The van der Waals surface area contributed by atoms with E-state index in [1.54, 1.807) is 12.5 Å². The number of rotatable bonds is 3. The van der Waals surface area contributed by atoms with Crippen LogP contribution in [0.1, 0.15) is 19.2 Å². The van der Waals surface area contributed by atoms with Gasteiger partial charge in [0.15, 0.2) is 5.65 Å². The average Bonchev–Trinajstić information content (AvgIpc) is 2.58. The molecule has 0 fully saturated rings. The Hall–Kier alpha value is -1.49. The van der Waals surface area contributed by atoms with Crippen molar-refractivity contribution < 1.29 is 0 Å². The highest BCUT2D eigenvalue weighted by atomic mass is 15.3. The van der Waals surface area contributed by atoms with Crippen LogP contribution < -0.4 is 5.73 Å². The molecule has 2 aromatic heterocycles. The molecule has 0 saturated carbocycles. The van der Waals surface area contributed by atoms with Gasteiger partial charge in [-0.3, -0.25) is 4.40 Å². The summed E-state index contributed by atoms with van der Waals surface area (Å²) in [5.41, 5.74) is 6.51. The van der Waals surface area contributed by atoms with E-state index in [4.69, 9.17) is 5.73 Å². The van der Waals surface area contributed by atoms with Crippen LogP contribution in [0.4, 0.5) is 0 Å². The van der Waals surface area contributed by atoms with Crippen LogP contribution in [0.25, 0.3) is 5.65 Å². The van der Waals surface area contributed by atoms with Crippen molar-refractivity contribution in [3.05, 3.63) is 24.4 Å². The zero-order chi connectivity index (χ0) is 9.97. The molecule has 74 valence electrons. The number of nitrogens with zero attached hydrogens (tertiary/aromatic N) is 4. The van der Waals surface area contributed by atoms with Crippen LogP contribution in [0.3, 0.4) is 0 Å². The number of hydrogen-bond donors (Lipinski definition) is 1. The van der Waals surface area contributed by atoms with E-state index < -0.39 is 0 Å². The van der Waals surface area contributed by atoms with Crippen molar-refractivity contribution in [2.45, 2.75) is 25.8 Å². The molecule has 5 heteroatoms. The minimum atomic E-state index is 0.194. The van der Waals surface area contributed by atoms with Crippen LogP contribution in [-0.4, -0.2) is 25.6 Å². The van der Waals surface area contributed by atoms with Crippen LogP contribution in [0.15, 0.2) is 18.6 Å². The first-order valence-electron chi connectivity index (χ1n) is 4.66. The second kappa shape index (κ2) is 3.71. The maximum absolute atomic E-state index is 5.68. The second-order valence-electron chi connectivity index (χ2n) is 3.44. The van der Waals surface area contributed by atoms with Gasteiger partial charge in [-0.25, -0.2) is 4.98 Å². The third kappa shape index (κ3) is 1.72. The first-order valence-corrected chi connectivity index (χ1v) is 4.66. The van der Waals surface area contributed by atoms with Crippen LogP contribution in [-0.2, 0) is 6.42 Å². The Morgan fingerprint density at radius 3 is 3.14 bits per heavy atom. The molecular formula is C9H13N5. The van der Waals surface area contributed by atoms with E-state index in [-0.39, 0.29) is 6.04 Å². The van der Waals surface area contributed by atoms with Gasteiger partial charge in [-0.2, -0.15) is 0 Å². The number of fused-ring (bicyclic) bond motifs is 1. The number of aryl methyl sites for hydroxylation is 1. The molecule has 0 aliphatic rings. The van der Waals surface area contributed by atoms with E-state index in [2.05, 4.69) is 15.2 Å². The van der Waals surface area contributed by atoms with E-state index in [0.717, 1.165) is 24.3 Å². The van der Waals surface area contributed by atoms with Crippen LogP contribution in [0.2, 0.25) is 0 Å². The van der Waals surface area contributed by atoms with Gasteiger partial charge in [-0.1, -0.05) is 0 Å². The lowest BCUT2D eigenvalue weighted by Crippen LogP contribution is -2.16. The molecule has 0 aliphatic carbocycles. The Balaban J connectivity index is 2.25. The van der Waals surface area contributed by atoms with E-state index in [0.29, 0.717) is 0 Å². The molecule has 0 aliphatic heterocycles. The summed E-state index contributed by atoms with van der Waals surface area (Å²) >= 11 is 0. The summed E-state index contributed by atoms with van der Waals surface area (Å²) in [6, 6.07) is 2.03. The van der Waals surface area contributed by atoms with E-state index in [1.165, 1.54) is 0 Å². The van der Waals surface area contributed by atoms with Crippen LogP contribution in [0.5, 0.6) is 0 Å². The Labute approximate surface area is 82.0 Å². The van der Waals surface area contributed by atoms with E-state index >= 15 is 0 Å². The highest BCUT2D eigenvalue weighted by Crippen LogP contribution is 2.04. The van der Waals surface area contributed by atoms with Gasteiger partial charge in [0.05, 0.1) is 0 Å². The fraction of sp³-hybridized carbons (Fsp3) is 0.444. The summed E-state index contributed by atoms with van der Waals surface area (Å²) in [6.07, 6.45) is 5.19. The predicted octanol–water partition coefficient (Wildman–Crippen LogP) is 0.404. The summed E-state index contributed by atoms with van der Waals surface area (Å²) in [5, 5.41) is 8.11.